The summed E-state index contributed by atoms with van der Waals surface area (Å²) in [7, 11) is 1.84. The van der Waals surface area contributed by atoms with Crippen molar-refractivity contribution in [1.29, 1.82) is 0 Å². The predicted molar refractivity (Wildman–Crippen MR) is 61.6 cm³/mol. The van der Waals surface area contributed by atoms with Crippen LogP contribution in [-0.2, 0) is 18.0 Å². The molecule has 0 amide bonds. The highest BCUT2D eigenvalue weighted by Crippen LogP contribution is 2.29. The fraction of sp³-hybridized carbons (Fsp3) is 0.250. The Bertz CT molecular complexity index is 548. The maximum atomic E-state index is 12.9. The highest BCUT2D eigenvalue weighted by molar-refractivity contribution is 5.53. The van der Waals surface area contributed by atoms with Gasteiger partial charge in [-0.25, -0.2) is 9.07 Å². The van der Waals surface area contributed by atoms with E-state index in [-0.39, 0.29) is 5.82 Å². The third kappa shape index (κ3) is 1.59. The van der Waals surface area contributed by atoms with Gasteiger partial charge in [-0.3, -0.25) is 0 Å². The van der Waals surface area contributed by atoms with Crippen LogP contribution in [-0.4, -0.2) is 16.8 Å². The van der Waals surface area contributed by atoms with Gasteiger partial charge in [-0.05, 0) is 24.3 Å². The van der Waals surface area contributed by atoms with Gasteiger partial charge in [-0.15, -0.1) is 0 Å². The molecule has 1 aromatic carbocycles. The molecule has 0 aliphatic carbocycles. The lowest BCUT2D eigenvalue weighted by atomic mass is 10.2. The lowest BCUT2D eigenvalue weighted by Crippen LogP contribution is -2.04. The third-order valence-corrected chi connectivity index (χ3v) is 2.86. The Morgan fingerprint density at radius 1 is 1.29 bits per heavy atom. The van der Waals surface area contributed by atoms with E-state index in [0.717, 1.165) is 22.8 Å². The van der Waals surface area contributed by atoms with Gasteiger partial charge in [0.15, 0.2) is 0 Å². The van der Waals surface area contributed by atoms with Crippen molar-refractivity contribution >= 4 is 5.82 Å². The summed E-state index contributed by atoms with van der Waals surface area (Å²) in [5, 5.41) is 7.58. The molecule has 1 N–H and O–H groups in total. The van der Waals surface area contributed by atoms with Crippen LogP contribution in [0.4, 0.5) is 10.2 Å². The Morgan fingerprint density at radius 3 is 2.76 bits per heavy atom. The number of anilines is 1. The van der Waals surface area contributed by atoms with E-state index in [4.69, 9.17) is 4.74 Å². The van der Waals surface area contributed by atoms with E-state index < -0.39 is 0 Å². The van der Waals surface area contributed by atoms with E-state index in [0.29, 0.717) is 13.2 Å². The van der Waals surface area contributed by atoms with Crippen LogP contribution in [0, 0.1) is 5.82 Å². The van der Waals surface area contributed by atoms with Crippen LogP contribution in [0.5, 0.6) is 0 Å². The van der Waals surface area contributed by atoms with Gasteiger partial charge in [0.05, 0.1) is 24.6 Å². The van der Waals surface area contributed by atoms with Crippen LogP contribution in [0.15, 0.2) is 24.3 Å². The van der Waals surface area contributed by atoms with Gasteiger partial charge in [0, 0.05) is 12.6 Å². The number of fused-ring (bicyclic) bond motifs is 1. The number of nitrogens with zero attached hydrogens (tertiary/aromatic N) is 2. The van der Waals surface area contributed by atoms with Crippen LogP contribution < -0.4 is 5.32 Å². The molecule has 5 heteroatoms. The maximum absolute atomic E-state index is 12.9. The molecule has 0 atom stereocenters. The van der Waals surface area contributed by atoms with E-state index in [9.17, 15) is 4.39 Å². The van der Waals surface area contributed by atoms with Gasteiger partial charge >= 0.3 is 0 Å². The molecule has 1 aliphatic rings. The fourth-order valence-corrected chi connectivity index (χ4v) is 2.04. The molecule has 1 aliphatic heterocycles. The smallest absolute Gasteiger partial charge is 0.135 e. The standard InChI is InChI=1S/C12H12FN3O/c1-14-12-10-6-17-7-11(10)15-16(12)9-4-2-8(13)3-5-9/h2-5,14H,6-7H2,1H3. The van der Waals surface area contributed by atoms with Gasteiger partial charge in [0.1, 0.15) is 11.6 Å². The van der Waals surface area contributed by atoms with Gasteiger partial charge in [0.2, 0.25) is 0 Å². The minimum absolute atomic E-state index is 0.247. The van der Waals surface area contributed by atoms with Crippen molar-refractivity contribution in [2.24, 2.45) is 0 Å². The van der Waals surface area contributed by atoms with Crippen LogP contribution in [0.25, 0.3) is 5.69 Å². The fourth-order valence-electron chi connectivity index (χ4n) is 2.04. The summed E-state index contributed by atoms with van der Waals surface area (Å²) in [4.78, 5) is 0. The van der Waals surface area contributed by atoms with Crippen LogP contribution in [0.1, 0.15) is 11.3 Å². The molecular formula is C12H12FN3O. The molecule has 0 fully saturated rings. The van der Waals surface area contributed by atoms with E-state index in [1.807, 2.05) is 7.05 Å². The molecule has 0 spiro atoms. The number of benzene rings is 1. The zero-order valence-corrected chi connectivity index (χ0v) is 9.40. The first-order chi connectivity index (χ1) is 8.29. The molecule has 0 saturated carbocycles. The Kier molecular flexibility index (Phi) is 2.33. The second-order valence-corrected chi connectivity index (χ2v) is 3.90. The van der Waals surface area contributed by atoms with Crippen molar-refractivity contribution in [1.82, 2.24) is 9.78 Å². The molecule has 3 rings (SSSR count). The number of nitrogens with one attached hydrogen (secondary N) is 1. The lowest BCUT2D eigenvalue weighted by molar-refractivity contribution is 0.131. The summed E-state index contributed by atoms with van der Waals surface area (Å²) in [5.41, 5.74) is 2.86. The van der Waals surface area contributed by atoms with E-state index in [2.05, 4.69) is 10.4 Å². The number of hydrogen-bond acceptors (Lipinski definition) is 3. The van der Waals surface area contributed by atoms with Gasteiger partial charge < -0.3 is 10.1 Å². The van der Waals surface area contributed by atoms with Crippen molar-refractivity contribution in [2.75, 3.05) is 12.4 Å². The molecule has 0 saturated heterocycles. The minimum atomic E-state index is -0.247. The Morgan fingerprint density at radius 2 is 2.06 bits per heavy atom. The molecule has 17 heavy (non-hydrogen) atoms. The summed E-state index contributed by atoms with van der Waals surface area (Å²) in [5.74, 6) is 0.659. The SMILES string of the molecule is CNc1c2c(nn1-c1ccc(F)cc1)COC2. The molecule has 0 bridgehead atoms. The number of hydrogen-bond donors (Lipinski definition) is 1. The van der Waals surface area contributed by atoms with Crippen molar-refractivity contribution in [2.45, 2.75) is 13.2 Å². The molecule has 2 heterocycles. The van der Waals surface area contributed by atoms with Gasteiger partial charge in [0.25, 0.3) is 0 Å². The summed E-state index contributed by atoms with van der Waals surface area (Å²) < 4.78 is 20.0. The summed E-state index contributed by atoms with van der Waals surface area (Å²) >= 11 is 0. The zero-order valence-electron chi connectivity index (χ0n) is 9.40. The maximum Gasteiger partial charge on any atom is 0.135 e. The quantitative estimate of drug-likeness (QED) is 0.863. The van der Waals surface area contributed by atoms with E-state index in [1.165, 1.54) is 12.1 Å². The first kappa shape index (κ1) is 10.3. The molecule has 88 valence electrons. The van der Waals surface area contributed by atoms with Crippen molar-refractivity contribution < 1.29 is 9.13 Å². The molecule has 0 radical (unpaired) electrons. The minimum Gasteiger partial charge on any atom is -0.373 e. The van der Waals surface area contributed by atoms with Crippen LogP contribution >= 0.6 is 0 Å². The molecule has 0 unspecified atom stereocenters. The zero-order chi connectivity index (χ0) is 11.8. The number of aromatic nitrogens is 2. The monoisotopic (exact) mass is 233 g/mol. The highest BCUT2D eigenvalue weighted by Gasteiger charge is 2.22. The molecular weight excluding hydrogens is 221 g/mol. The molecule has 1 aromatic heterocycles. The average molecular weight is 233 g/mol. The Hall–Kier alpha value is -1.88. The molecule has 4 nitrogen and oxygen atoms in total. The van der Waals surface area contributed by atoms with Crippen molar-refractivity contribution in [3.8, 4) is 5.69 Å². The number of rotatable bonds is 2. The van der Waals surface area contributed by atoms with E-state index >= 15 is 0 Å². The average Bonchev–Trinajstić information content (AvgIpc) is 2.89. The lowest BCUT2D eigenvalue weighted by Gasteiger charge is -2.08. The van der Waals surface area contributed by atoms with Crippen LogP contribution in [0.3, 0.4) is 0 Å². The summed E-state index contributed by atoms with van der Waals surface area (Å²) in [6.45, 7) is 1.12. The summed E-state index contributed by atoms with van der Waals surface area (Å²) in [6.07, 6.45) is 0. The summed E-state index contributed by atoms with van der Waals surface area (Å²) in [6, 6.07) is 6.27. The third-order valence-electron chi connectivity index (χ3n) is 2.86. The van der Waals surface area contributed by atoms with Gasteiger partial charge in [-0.2, -0.15) is 5.10 Å². The van der Waals surface area contributed by atoms with Crippen molar-refractivity contribution in [3.05, 3.63) is 41.3 Å². The topological polar surface area (TPSA) is 39.1 Å². The Balaban J connectivity index is 2.11. The number of halogens is 1. The van der Waals surface area contributed by atoms with Gasteiger partial charge in [-0.1, -0.05) is 0 Å². The van der Waals surface area contributed by atoms with Crippen molar-refractivity contribution in [3.63, 3.8) is 0 Å². The largest absolute Gasteiger partial charge is 0.373 e. The normalized spacial score (nSPS) is 13.8. The number of ether oxygens (including phenoxy) is 1. The van der Waals surface area contributed by atoms with Crippen LogP contribution in [0.2, 0.25) is 0 Å². The first-order valence-corrected chi connectivity index (χ1v) is 5.42. The first-order valence-electron chi connectivity index (χ1n) is 5.42. The Labute approximate surface area is 98.0 Å². The van der Waals surface area contributed by atoms with E-state index in [1.54, 1.807) is 16.8 Å². The second kappa shape index (κ2) is 3.85. The highest BCUT2D eigenvalue weighted by atomic mass is 19.1. The molecule has 2 aromatic rings. The predicted octanol–water partition coefficient (Wildman–Crippen LogP) is 2.08. The second-order valence-electron chi connectivity index (χ2n) is 3.90.